The minimum atomic E-state index is -0.888. The highest BCUT2D eigenvalue weighted by Gasteiger charge is 2.29. The average Bonchev–Trinajstić information content (AvgIpc) is 2.74. The first kappa shape index (κ1) is 12.0. The standard InChI is InChI=1S/C11H13ClFNOS/c1-6-7(3-11(12)16-6)2-10(15)9-4-8(13)5-14-9/h3,8-9,14H,2,4-5H2,1H3/t8-,9+/m1/s1. The predicted molar refractivity (Wildman–Crippen MR) is 64.1 cm³/mol. The number of halogens is 2. The quantitative estimate of drug-likeness (QED) is 0.906. The van der Waals surface area contributed by atoms with Crippen molar-refractivity contribution in [3.8, 4) is 0 Å². The molecule has 0 amide bonds. The summed E-state index contributed by atoms with van der Waals surface area (Å²) in [4.78, 5) is 12.9. The zero-order chi connectivity index (χ0) is 11.7. The normalized spacial score (nSPS) is 24.9. The van der Waals surface area contributed by atoms with Crippen LogP contribution in [0, 0.1) is 6.92 Å². The molecule has 2 nitrogen and oxygen atoms in total. The van der Waals surface area contributed by atoms with Crippen molar-refractivity contribution in [2.24, 2.45) is 0 Å². The van der Waals surface area contributed by atoms with E-state index in [1.807, 2.05) is 13.0 Å². The largest absolute Gasteiger partial charge is 0.304 e. The highest BCUT2D eigenvalue weighted by Crippen LogP contribution is 2.27. The number of hydrogen-bond acceptors (Lipinski definition) is 3. The topological polar surface area (TPSA) is 29.1 Å². The Morgan fingerprint density at radius 3 is 3.00 bits per heavy atom. The summed E-state index contributed by atoms with van der Waals surface area (Å²) in [6.45, 7) is 2.24. The number of ketones is 1. The van der Waals surface area contributed by atoms with E-state index in [0.717, 1.165) is 10.4 Å². The average molecular weight is 262 g/mol. The zero-order valence-electron chi connectivity index (χ0n) is 8.93. The van der Waals surface area contributed by atoms with E-state index >= 15 is 0 Å². The molecule has 1 fully saturated rings. The van der Waals surface area contributed by atoms with Crippen molar-refractivity contribution in [3.05, 3.63) is 20.8 Å². The van der Waals surface area contributed by atoms with Gasteiger partial charge in [-0.15, -0.1) is 11.3 Å². The van der Waals surface area contributed by atoms with Crippen molar-refractivity contribution in [3.63, 3.8) is 0 Å². The molecular weight excluding hydrogens is 249 g/mol. The molecule has 1 saturated heterocycles. The molecule has 0 spiro atoms. The minimum Gasteiger partial charge on any atom is -0.304 e. The molecule has 0 saturated carbocycles. The molecular formula is C11H13ClFNOS. The number of alkyl halides is 1. The Balaban J connectivity index is 1.99. The third-order valence-corrected chi connectivity index (χ3v) is 4.04. The van der Waals surface area contributed by atoms with Crippen LogP contribution in [0.15, 0.2) is 6.07 Å². The molecule has 1 N–H and O–H groups in total. The maximum atomic E-state index is 12.9. The monoisotopic (exact) mass is 261 g/mol. The number of aryl methyl sites for hydroxylation is 1. The zero-order valence-corrected chi connectivity index (χ0v) is 10.5. The lowest BCUT2D eigenvalue weighted by Gasteiger charge is -2.07. The van der Waals surface area contributed by atoms with Crippen molar-refractivity contribution in [1.29, 1.82) is 0 Å². The van der Waals surface area contributed by atoms with E-state index < -0.39 is 6.17 Å². The van der Waals surface area contributed by atoms with Crippen LogP contribution in [0.1, 0.15) is 16.9 Å². The second kappa shape index (κ2) is 4.82. The Hall–Kier alpha value is -0.450. The van der Waals surface area contributed by atoms with E-state index in [1.165, 1.54) is 11.3 Å². The van der Waals surface area contributed by atoms with Crippen LogP contribution in [-0.4, -0.2) is 24.5 Å². The fraction of sp³-hybridized carbons (Fsp3) is 0.545. The van der Waals surface area contributed by atoms with Gasteiger partial charge in [0.25, 0.3) is 0 Å². The second-order valence-corrected chi connectivity index (χ2v) is 5.96. The van der Waals surface area contributed by atoms with E-state index in [2.05, 4.69) is 5.32 Å². The van der Waals surface area contributed by atoms with Crippen molar-refractivity contribution in [1.82, 2.24) is 5.32 Å². The van der Waals surface area contributed by atoms with Gasteiger partial charge in [0, 0.05) is 24.3 Å². The number of hydrogen-bond donors (Lipinski definition) is 1. The molecule has 0 bridgehead atoms. The maximum Gasteiger partial charge on any atom is 0.154 e. The van der Waals surface area contributed by atoms with Gasteiger partial charge in [0.2, 0.25) is 0 Å². The number of carbonyl (C=O) groups is 1. The lowest BCUT2D eigenvalue weighted by atomic mass is 10.0. The smallest absolute Gasteiger partial charge is 0.154 e. The first-order valence-corrected chi connectivity index (χ1v) is 6.40. The van der Waals surface area contributed by atoms with Gasteiger partial charge in [-0.25, -0.2) is 4.39 Å². The molecule has 5 heteroatoms. The molecule has 0 radical (unpaired) electrons. The molecule has 2 rings (SSSR count). The van der Waals surface area contributed by atoms with Crippen LogP contribution in [0.2, 0.25) is 4.34 Å². The van der Waals surface area contributed by atoms with Gasteiger partial charge in [-0.05, 0) is 18.6 Å². The van der Waals surface area contributed by atoms with Gasteiger partial charge in [-0.2, -0.15) is 0 Å². The Kier molecular flexibility index (Phi) is 3.62. The van der Waals surface area contributed by atoms with Crippen LogP contribution in [0.4, 0.5) is 4.39 Å². The number of thiophene rings is 1. The van der Waals surface area contributed by atoms with E-state index in [0.29, 0.717) is 23.7 Å². The van der Waals surface area contributed by atoms with Crippen LogP contribution in [0.25, 0.3) is 0 Å². The highest BCUT2D eigenvalue weighted by atomic mass is 35.5. The fourth-order valence-electron chi connectivity index (χ4n) is 1.90. The molecule has 0 aromatic carbocycles. The molecule has 0 aliphatic carbocycles. The third-order valence-electron chi connectivity index (χ3n) is 2.82. The van der Waals surface area contributed by atoms with Crippen molar-refractivity contribution in [2.75, 3.05) is 6.54 Å². The molecule has 0 unspecified atom stereocenters. The first-order chi connectivity index (χ1) is 7.56. The number of carbonyl (C=O) groups excluding carboxylic acids is 1. The van der Waals surface area contributed by atoms with Gasteiger partial charge >= 0.3 is 0 Å². The Morgan fingerprint density at radius 2 is 2.50 bits per heavy atom. The number of rotatable bonds is 3. The molecule has 1 aliphatic rings. The summed E-state index contributed by atoms with van der Waals surface area (Å²) in [5, 5.41) is 2.90. The molecule has 2 atom stereocenters. The van der Waals surface area contributed by atoms with Gasteiger partial charge in [0.1, 0.15) is 6.17 Å². The molecule has 1 aromatic rings. The first-order valence-electron chi connectivity index (χ1n) is 5.21. The summed E-state index contributed by atoms with van der Waals surface area (Å²) in [6, 6.07) is 1.49. The Morgan fingerprint density at radius 1 is 1.75 bits per heavy atom. The van der Waals surface area contributed by atoms with Crippen LogP contribution in [-0.2, 0) is 11.2 Å². The van der Waals surface area contributed by atoms with Crippen LogP contribution in [0.5, 0.6) is 0 Å². The van der Waals surface area contributed by atoms with Gasteiger partial charge in [-0.1, -0.05) is 11.6 Å². The summed E-state index contributed by atoms with van der Waals surface area (Å²) in [5.41, 5.74) is 0.962. The SMILES string of the molecule is Cc1sc(Cl)cc1CC(=O)[C@@H]1C[C@@H](F)CN1. The summed E-state index contributed by atoms with van der Waals surface area (Å²) in [7, 11) is 0. The van der Waals surface area contributed by atoms with Gasteiger partial charge in [-0.3, -0.25) is 4.79 Å². The van der Waals surface area contributed by atoms with Crippen molar-refractivity contribution in [2.45, 2.75) is 32.0 Å². The van der Waals surface area contributed by atoms with Gasteiger partial charge < -0.3 is 5.32 Å². The summed E-state index contributed by atoms with van der Waals surface area (Å²) in [5.74, 6) is 0.0534. The lowest BCUT2D eigenvalue weighted by Crippen LogP contribution is -2.31. The summed E-state index contributed by atoms with van der Waals surface area (Å²) < 4.78 is 13.6. The van der Waals surface area contributed by atoms with Crippen LogP contribution in [0.3, 0.4) is 0 Å². The van der Waals surface area contributed by atoms with Gasteiger partial charge in [0.15, 0.2) is 5.78 Å². The third kappa shape index (κ3) is 2.62. The van der Waals surface area contributed by atoms with E-state index in [1.54, 1.807) is 0 Å². The fourth-order valence-corrected chi connectivity index (χ4v) is 3.14. The molecule has 1 aliphatic heterocycles. The van der Waals surface area contributed by atoms with E-state index in [9.17, 15) is 9.18 Å². The minimum absolute atomic E-state index is 0.0534. The molecule has 16 heavy (non-hydrogen) atoms. The van der Waals surface area contributed by atoms with Crippen LogP contribution < -0.4 is 5.32 Å². The van der Waals surface area contributed by atoms with Crippen LogP contribution >= 0.6 is 22.9 Å². The predicted octanol–water partition coefficient (Wildman–Crippen LogP) is 2.52. The van der Waals surface area contributed by atoms with E-state index in [-0.39, 0.29) is 11.8 Å². The maximum absolute atomic E-state index is 12.9. The van der Waals surface area contributed by atoms with E-state index in [4.69, 9.17) is 11.6 Å². The van der Waals surface area contributed by atoms with Crippen molar-refractivity contribution < 1.29 is 9.18 Å². The lowest BCUT2D eigenvalue weighted by molar-refractivity contribution is -0.120. The summed E-state index contributed by atoms with van der Waals surface area (Å²) >= 11 is 7.34. The molecule has 1 aromatic heterocycles. The number of Topliss-reactive ketones (excluding diaryl/α,β-unsaturated/α-hetero) is 1. The highest BCUT2D eigenvalue weighted by molar-refractivity contribution is 7.16. The number of nitrogens with one attached hydrogen (secondary N) is 1. The summed E-state index contributed by atoms with van der Waals surface area (Å²) in [6.07, 6.45) is -0.240. The Bertz CT molecular complexity index is 407. The van der Waals surface area contributed by atoms with Crippen molar-refractivity contribution >= 4 is 28.7 Å². The second-order valence-electron chi connectivity index (χ2n) is 4.07. The molecule has 88 valence electrons. The molecule has 2 heterocycles. The Labute approximate surface area is 103 Å². The van der Waals surface area contributed by atoms with Gasteiger partial charge in [0.05, 0.1) is 10.4 Å².